The van der Waals surface area contributed by atoms with Crippen molar-refractivity contribution in [3.63, 3.8) is 0 Å². The predicted octanol–water partition coefficient (Wildman–Crippen LogP) is 5.80. The average Bonchev–Trinajstić information content (AvgIpc) is 2.84. The molecule has 0 saturated carbocycles. The van der Waals surface area contributed by atoms with E-state index < -0.39 is 0 Å². The second-order valence-corrected chi connectivity index (χ2v) is 6.79. The smallest absolute Gasteiger partial charge is 0.317 e. The van der Waals surface area contributed by atoms with Crippen molar-refractivity contribution < 1.29 is 4.79 Å². The van der Waals surface area contributed by atoms with Crippen molar-refractivity contribution >= 4 is 23.3 Å². The fraction of sp³-hybridized carbons (Fsp3) is 0.350. The summed E-state index contributed by atoms with van der Waals surface area (Å²) in [6, 6.07) is 15.9. The molecular formula is C20H23ClN2O. The third-order valence-electron chi connectivity index (χ3n) is 4.59. The topological polar surface area (TPSA) is 32.3 Å². The van der Waals surface area contributed by atoms with Gasteiger partial charge in [0.25, 0.3) is 0 Å². The molecule has 0 spiro atoms. The number of nitrogens with zero attached hydrogens (tertiary/aromatic N) is 1. The highest BCUT2D eigenvalue weighted by Gasteiger charge is 2.27. The Morgan fingerprint density at radius 1 is 1.08 bits per heavy atom. The van der Waals surface area contributed by atoms with E-state index in [1.54, 1.807) is 6.07 Å². The van der Waals surface area contributed by atoms with Crippen LogP contribution in [-0.4, -0.2) is 17.5 Å². The first kappa shape index (κ1) is 16.8. The average molecular weight is 343 g/mol. The lowest BCUT2D eigenvalue weighted by Crippen LogP contribution is -2.38. The molecule has 0 aromatic heterocycles. The maximum atomic E-state index is 12.9. The minimum absolute atomic E-state index is 0.0735. The number of halogens is 1. The summed E-state index contributed by atoms with van der Waals surface area (Å²) < 4.78 is 0. The van der Waals surface area contributed by atoms with E-state index in [2.05, 4.69) is 36.5 Å². The maximum absolute atomic E-state index is 12.9. The van der Waals surface area contributed by atoms with Crippen molar-refractivity contribution in [2.24, 2.45) is 0 Å². The van der Waals surface area contributed by atoms with Crippen LogP contribution in [0.1, 0.15) is 42.9 Å². The molecule has 1 saturated heterocycles. The van der Waals surface area contributed by atoms with Crippen molar-refractivity contribution in [2.45, 2.75) is 38.6 Å². The summed E-state index contributed by atoms with van der Waals surface area (Å²) in [5.74, 6) is 0. The molecule has 1 aliphatic heterocycles. The number of hydrogen-bond donors (Lipinski definition) is 1. The number of urea groups is 1. The Kier molecular flexibility index (Phi) is 5.41. The Labute approximate surface area is 148 Å². The minimum atomic E-state index is -0.0735. The molecule has 0 bridgehead atoms. The molecule has 1 N–H and O–H groups in total. The highest BCUT2D eigenvalue weighted by molar-refractivity contribution is 6.33. The molecular weight excluding hydrogens is 320 g/mol. The quantitative estimate of drug-likeness (QED) is 0.735. The monoisotopic (exact) mass is 342 g/mol. The Balaban J connectivity index is 1.82. The molecule has 1 atom stereocenters. The van der Waals surface area contributed by atoms with Gasteiger partial charge in [-0.05, 0) is 37.5 Å². The van der Waals surface area contributed by atoms with Gasteiger partial charge in [-0.2, -0.15) is 0 Å². The number of nitrogens with one attached hydrogen (secondary N) is 1. The van der Waals surface area contributed by atoms with E-state index in [0.717, 1.165) is 32.2 Å². The van der Waals surface area contributed by atoms with Gasteiger partial charge in [0, 0.05) is 6.54 Å². The summed E-state index contributed by atoms with van der Waals surface area (Å²) in [6.07, 6.45) is 4.35. The van der Waals surface area contributed by atoms with Gasteiger partial charge >= 0.3 is 6.03 Å². The lowest BCUT2D eigenvalue weighted by molar-refractivity contribution is 0.189. The van der Waals surface area contributed by atoms with Crippen LogP contribution in [0.4, 0.5) is 10.5 Å². The molecule has 2 aromatic carbocycles. The van der Waals surface area contributed by atoms with Crippen molar-refractivity contribution in [3.8, 4) is 0 Å². The van der Waals surface area contributed by atoms with Crippen LogP contribution < -0.4 is 5.32 Å². The van der Waals surface area contributed by atoms with E-state index in [0.29, 0.717) is 10.7 Å². The van der Waals surface area contributed by atoms with Crippen LogP contribution in [0.25, 0.3) is 0 Å². The number of anilines is 1. The maximum Gasteiger partial charge on any atom is 0.322 e. The predicted molar refractivity (Wildman–Crippen MR) is 99.6 cm³/mol. The molecule has 3 rings (SSSR count). The molecule has 24 heavy (non-hydrogen) atoms. The van der Waals surface area contributed by atoms with Crippen molar-refractivity contribution in [1.82, 2.24) is 4.90 Å². The summed E-state index contributed by atoms with van der Waals surface area (Å²) >= 11 is 6.18. The third kappa shape index (κ3) is 3.90. The van der Waals surface area contributed by atoms with Crippen molar-refractivity contribution in [1.29, 1.82) is 0 Å². The number of aryl methyl sites for hydroxylation is 1. The summed E-state index contributed by atoms with van der Waals surface area (Å²) in [7, 11) is 0. The fourth-order valence-corrected chi connectivity index (χ4v) is 3.42. The van der Waals surface area contributed by atoms with Crippen LogP contribution in [0.5, 0.6) is 0 Å². The van der Waals surface area contributed by atoms with Gasteiger partial charge in [0.2, 0.25) is 0 Å². The molecule has 3 nitrogen and oxygen atoms in total. The second-order valence-electron chi connectivity index (χ2n) is 6.38. The number of rotatable bonds is 2. The number of hydrogen-bond acceptors (Lipinski definition) is 1. The first-order chi connectivity index (χ1) is 11.6. The number of likely N-dealkylation sites (tertiary alicyclic amines) is 1. The zero-order chi connectivity index (χ0) is 16.9. The molecule has 1 fully saturated rings. The molecule has 1 heterocycles. The molecule has 0 radical (unpaired) electrons. The molecule has 2 aromatic rings. The van der Waals surface area contributed by atoms with E-state index in [-0.39, 0.29) is 12.1 Å². The summed E-state index contributed by atoms with van der Waals surface area (Å²) in [6.45, 7) is 2.85. The van der Waals surface area contributed by atoms with Gasteiger partial charge in [-0.1, -0.05) is 66.4 Å². The summed E-state index contributed by atoms with van der Waals surface area (Å²) in [4.78, 5) is 14.8. The number of carbonyl (C=O) groups is 1. The molecule has 4 heteroatoms. The number of amides is 2. The van der Waals surface area contributed by atoms with E-state index in [9.17, 15) is 4.79 Å². The first-order valence-electron chi connectivity index (χ1n) is 8.54. The number of carbonyl (C=O) groups excluding carboxylic acids is 1. The van der Waals surface area contributed by atoms with Gasteiger partial charge in [0.1, 0.15) is 0 Å². The highest BCUT2D eigenvalue weighted by Crippen LogP contribution is 2.31. The largest absolute Gasteiger partial charge is 0.322 e. The molecule has 0 aliphatic carbocycles. The highest BCUT2D eigenvalue weighted by atomic mass is 35.5. The number of benzene rings is 2. The molecule has 0 unspecified atom stereocenters. The van der Waals surface area contributed by atoms with Gasteiger partial charge in [0.05, 0.1) is 16.8 Å². The van der Waals surface area contributed by atoms with Gasteiger partial charge in [-0.15, -0.1) is 0 Å². The standard InChI is InChI=1S/C20H23ClN2O/c1-15-10-12-16(13-11-15)19-9-3-2-6-14-23(19)20(24)22-18-8-5-4-7-17(18)21/h4-5,7-8,10-13,19H,2-3,6,9,14H2,1H3,(H,22,24)/t19-/m0/s1. The Morgan fingerprint density at radius 3 is 2.58 bits per heavy atom. The van der Waals surface area contributed by atoms with Crippen LogP contribution in [0.3, 0.4) is 0 Å². The SMILES string of the molecule is Cc1ccc([C@@H]2CCCCCN2C(=O)Nc2ccccc2Cl)cc1. The number of para-hydroxylation sites is 1. The van der Waals surface area contributed by atoms with Crippen LogP contribution in [0.15, 0.2) is 48.5 Å². The van der Waals surface area contributed by atoms with Crippen molar-refractivity contribution in [2.75, 3.05) is 11.9 Å². The van der Waals surface area contributed by atoms with Crippen LogP contribution in [0, 0.1) is 6.92 Å². The van der Waals surface area contributed by atoms with Gasteiger partial charge in [-0.3, -0.25) is 0 Å². The van der Waals surface area contributed by atoms with E-state index in [4.69, 9.17) is 11.6 Å². The first-order valence-corrected chi connectivity index (χ1v) is 8.91. The molecule has 126 valence electrons. The van der Waals surface area contributed by atoms with Gasteiger partial charge in [-0.25, -0.2) is 4.79 Å². The zero-order valence-electron chi connectivity index (χ0n) is 14.0. The summed E-state index contributed by atoms with van der Waals surface area (Å²) in [5, 5.41) is 3.54. The Morgan fingerprint density at radius 2 is 1.83 bits per heavy atom. The molecule has 2 amide bonds. The van der Waals surface area contributed by atoms with Crippen molar-refractivity contribution in [3.05, 3.63) is 64.7 Å². The lowest BCUT2D eigenvalue weighted by Gasteiger charge is -2.30. The normalized spacial score (nSPS) is 18.1. The van der Waals surface area contributed by atoms with E-state index >= 15 is 0 Å². The zero-order valence-corrected chi connectivity index (χ0v) is 14.7. The van der Waals surface area contributed by atoms with Gasteiger partial charge in [0.15, 0.2) is 0 Å². The third-order valence-corrected chi connectivity index (χ3v) is 4.92. The summed E-state index contributed by atoms with van der Waals surface area (Å²) in [5.41, 5.74) is 3.10. The van der Waals surface area contributed by atoms with Crippen LogP contribution >= 0.6 is 11.6 Å². The fourth-order valence-electron chi connectivity index (χ4n) is 3.24. The van der Waals surface area contributed by atoms with Gasteiger partial charge < -0.3 is 10.2 Å². The van der Waals surface area contributed by atoms with Crippen LogP contribution in [0.2, 0.25) is 5.02 Å². The van der Waals surface area contributed by atoms with E-state index in [1.807, 2.05) is 23.1 Å². The van der Waals surface area contributed by atoms with E-state index in [1.165, 1.54) is 11.1 Å². The minimum Gasteiger partial charge on any atom is -0.317 e. The van der Waals surface area contributed by atoms with Crippen LogP contribution in [-0.2, 0) is 0 Å². The lowest BCUT2D eigenvalue weighted by atomic mass is 10.00. The Bertz CT molecular complexity index is 699. The Hall–Kier alpha value is -2.00. The molecule has 1 aliphatic rings. The second kappa shape index (κ2) is 7.71.